The quantitative estimate of drug-likeness (QED) is 0.898. The molecule has 1 aromatic heterocycles. The first-order chi connectivity index (χ1) is 11.1. The molecule has 1 aromatic rings. The minimum Gasteiger partial charge on any atom is -0.391 e. The van der Waals surface area contributed by atoms with Crippen LogP contribution in [0.4, 0.5) is 5.82 Å². The third kappa shape index (κ3) is 4.09. The van der Waals surface area contributed by atoms with Gasteiger partial charge in [-0.1, -0.05) is 18.9 Å². The van der Waals surface area contributed by atoms with Crippen LogP contribution in [0.5, 0.6) is 0 Å². The summed E-state index contributed by atoms with van der Waals surface area (Å²) in [5.74, 6) is 0.660. The number of nitrogens with zero attached hydrogens (tertiary/aromatic N) is 2. The van der Waals surface area contributed by atoms with Crippen LogP contribution in [0.15, 0.2) is 18.3 Å². The van der Waals surface area contributed by atoms with E-state index in [4.69, 9.17) is 0 Å². The van der Waals surface area contributed by atoms with Crippen LogP contribution in [0.1, 0.15) is 44.1 Å². The smallest absolute Gasteiger partial charge is 0.229 e. The first-order valence-corrected chi connectivity index (χ1v) is 8.79. The SMILES string of the molecule is Cc1ccc(NC(=O)C2CCCN(C3CCCCC3O)C2)nc1. The van der Waals surface area contributed by atoms with Crippen LogP contribution in [0, 0.1) is 12.8 Å². The van der Waals surface area contributed by atoms with Crippen LogP contribution >= 0.6 is 0 Å². The number of aliphatic hydroxyl groups excluding tert-OH is 1. The molecule has 5 heteroatoms. The van der Waals surface area contributed by atoms with Gasteiger partial charge in [-0.2, -0.15) is 0 Å². The Bertz CT molecular complexity index is 532. The van der Waals surface area contributed by atoms with Gasteiger partial charge in [0.05, 0.1) is 12.0 Å². The van der Waals surface area contributed by atoms with Crippen LogP contribution in [0.2, 0.25) is 0 Å². The summed E-state index contributed by atoms with van der Waals surface area (Å²) in [6, 6.07) is 4.03. The van der Waals surface area contributed by atoms with Crippen molar-refractivity contribution >= 4 is 11.7 Å². The number of pyridine rings is 1. The van der Waals surface area contributed by atoms with Crippen LogP contribution in [-0.4, -0.2) is 46.1 Å². The number of carbonyl (C=O) groups is 1. The Morgan fingerprint density at radius 3 is 2.83 bits per heavy atom. The molecule has 1 saturated heterocycles. The molecule has 126 valence electrons. The van der Waals surface area contributed by atoms with Gasteiger partial charge in [0.2, 0.25) is 5.91 Å². The van der Waals surface area contributed by atoms with Crippen LogP contribution in [-0.2, 0) is 4.79 Å². The Morgan fingerprint density at radius 2 is 2.09 bits per heavy atom. The summed E-state index contributed by atoms with van der Waals surface area (Å²) < 4.78 is 0. The predicted molar refractivity (Wildman–Crippen MR) is 90.2 cm³/mol. The Morgan fingerprint density at radius 1 is 1.26 bits per heavy atom. The number of carbonyl (C=O) groups excluding carboxylic acids is 1. The molecule has 0 spiro atoms. The van der Waals surface area contributed by atoms with E-state index in [9.17, 15) is 9.90 Å². The van der Waals surface area contributed by atoms with Crippen molar-refractivity contribution in [2.75, 3.05) is 18.4 Å². The summed E-state index contributed by atoms with van der Waals surface area (Å²) in [5, 5.41) is 13.2. The number of aliphatic hydroxyl groups is 1. The van der Waals surface area contributed by atoms with Crippen molar-refractivity contribution in [2.24, 2.45) is 5.92 Å². The summed E-state index contributed by atoms with van der Waals surface area (Å²) in [4.78, 5) is 19.1. The van der Waals surface area contributed by atoms with Gasteiger partial charge in [0, 0.05) is 18.8 Å². The lowest BCUT2D eigenvalue weighted by atomic mass is 9.88. The maximum absolute atomic E-state index is 12.5. The molecule has 0 radical (unpaired) electrons. The number of hydrogen-bond donors (Lipinski definition) is 2. The van der Waals surface area contributed by atoms with E-state index >= 15 is 0 Å². The van der Waals surface area contributed by atoms with Crippen molar-refractivity contribution in [3.8, 4) is 0 Å². The standard InChI is InChI=1S/C18H27N3O2/c1-13-8-9-17(19-11-13)20-18(23)14-5-4-10-21(12-14)15-6-2-3-7-16(15)22/h8-9,11,14-16,22H,2-7,10,12H2,1H3,(H,19,20,23). The van der Waals surface area contributed by atoms with Gasteiger partial charge >= 0.3 is 0 Å². The highest BCUT2D eigenvalue weighted by atomic mass is 16.3. The van der Waals surface area contributed by atoms with Crippen LogP contribution in [0.25, 0.3) is 0 Å². The third-order valence-corrected chi connectivity index (χ3v) is 5.15. The zero-order valence-electron chi connectivity index (χ0n) is 13.9. The van der Waals surface area contributed by atoms with E-state index in [1.54, 1.807) is 6.20 Å². The molecular formula is C18H27N3O2. The molecule has 2 fully saturated rings. The van der Waals surface area contributed by atoms with E-state index in [1.165, 1.54) is 6.42 Å². The molecule has 0 aromatic carbocycles. The maximum atomic E-state index is 12.5. The Kier molecular flexibility index (Phi) is 5.28. The normalized spacial score (nSPS) is 29.2. The van der Waals surface area contributed by atoms with Gasteiger partial charge in [0.25, 0.3) is 0 Å². The minimum absolute atomic E-state index is 0.0130. The van der Waals surface area contributed by atoms with Gasteiger partial charge in [-0.15, -0.1) is 0 Å². The number of likely N-dealkylation sites (tertiary alicyclic amines) is 1. The number of rotatable bonds is 3. The fourth-order valence-electron chi connectivity index (χ4n) is 3.81. The number of nitrogens with one attached hydrogen (secondary N) is 1. The molecule has 2 N–H and O–H groups in total. The molecule has 1 amide bonds. The summed E-state index contributed by atoms with van der Waals surface area (Å²) in [6.07, 6.45) is 7.71. The summed E-state index contributed by atoms with van der Waals surface area (Å²) in [6.45, 7) is 3.72. The Labute approximate surface area is 138 Å². The monoisotopic (exact) mass is 317 g/mol. The molecule has 0 bridgehead atoms. The number of hydrogen-bond acceptors (Lipinski definition) is 4. The van der Waals surface area contributed by atoms with E-state index in [0.717, 1.165) is 50.8 Å². The van der Waals surface area contributed by atoms with Crippen molar-refractivity contribution in [1.29, 1.82) is 0 Å². The van der Waals surface area contributed by atoms with E-state index in [-0.39, 0.29) is 24.0 Å². The number of amides is 1. The lowest BCUT2D eigenvalue weighted by molar-refractivity contribution is -0.122. The topological polar surface area (TPSA) is 65.5 Å². The largest absolute Gasteiger partial charge is 0.391 e. The second-order valence-corrected chi connectivity index (χ2v) is 6.96. The highest BCUT2D eigenvalue weighted by Gasteiger charge is 2.34. The number of piperidine rings is 1. The zero-order valence-corrected chi connectivity index (χ0v) is 13.9. The molecule has 3 atom stereocenters. The van der Waals surface area contributed by atoms with Gasteiger partial charge < -0.3 is 10.4 Å². The number of anilines is 1. The van der Waals surface area contributed by atoms with Gasteiger partial charge in [-0.05, 0) is 50.8 Å². The molecule has 5 nitrogen and oxygen atoms in total. The highest BCUT2D eigenvalue weighted by molar-refractivity contribution is 5.91. The van der Waals surface area contributed by atoms with Crippen molar-refractivity contribution in [3.63, 3.8) is 0 Å². The van der Waals surface area contributed by atoms with E-state index in [1.807, 2.05) is 19.1 Å². The molecule has 1 saturated carbocycles. The molecule has 23 heavy (non-hydrogen) atoms. The average Bonchev–Trinajstić information content (AvgIpc) is 2.57. The minimum atomic E-state index is -0.232. The van der Waals surface area contributed by atoms with Gasteiger partial charge in [-0.25, -0.2) is 4.98 Å². The Hall–Kier alpha value is -1.46. The fourth-order valence-corrected chi connectivity index (χ4v) is 3.81. The molecule has 1 aliphatic carbocycles. The molecule has 2 heterocycles. The molecule has 2 aliphatic rings. The van der Waals surface area contributed by atoms with Crippen molar-refractivity contribution in [3.05, 3.63) is 23.9 Å². The van der Waals surface area contributed by atoms with Gasteiger partial charge in [0.15, 0.2) is 0 Å². The third-order valence-electron chi connectivity index (χ3n) is 5.15. The Balaban J connectivity index is 1.59. The van der Waals surface area contributed by atoms with E-state index in [2.05, 4.69) is 15.2 Å². The van der Waals surface area contributed by atoms with Gasteiger partial charge in [0.1, 0.15) is 5.82 Å². The lowest BCUT2D eigenvalue weighted by Crippen LogP contribution is -2.51. The molecular weight excluding hydrogens is 290 g/mol. The summed E-state index contributed by atoms with van der Waals surface area (Å²) in [5.41, 5.74) is 1.08. The first-order valence-electron chi connectivity index (χ1n) is 8.79. The van der Waals surface area contributed by atoms with E-state index < -0.39 is 0 Å². The number of aryl methyl sites for hydroxylation is 1. The second kappa shape index (κ2) is 7.41. The summed E-state index contributed by atoms with van der Waals surface area (Å²) >= 11 is 0. The van der Waals surface area contributed by atoms with E-state index in [0.29, 0.717) is 5.82 Å². The average molecular weight is 317 g/mol. The van der Waals surface area contributed by atoms with Crippen molar-refractivity contribution in [1.82, 2.24) is 9.88 Å². The molecule has 3 rings (SSSR count). The summed E-state index contributed by atoms with van der Waals surface area (Å²) in [7, 11) is 0. The van der Waals surface area contributed by atoms with Crippen LogP contribution < -0.4 is 5.32 Å². The lowest BCUT2D eigenvalue weighted by Gasteiger charge is -2.41. The van der Waals surface area contributed by atoms with Crippen molar-refractivity contribution in [2.45, 2.75) is 57.6 Å². The van der Waals surface area contributed by atoms with Crippen LogP contribution in [0.3, 0.4) is 0 Å². The molecule has 3 unspecified atom stereocenters. The zero-order chi connectivity index (χ0) is 16.2. The number of aromatic nitrogens is 1. The second-order valence-electron chi connectivity index (χ2n) is 6.96. The highest BCUT2D eigenvalue weighted by Crippen LogP contribution is 2.28. The van der Waals surface area contributed by atoms with Crippen molar-refractivity contribution < 1.29 is 9.90 Å². The van der Waals surface area contributed by atoms with Gasteiger partial charge in [-0.3, -0.25) is 9.69 Å². The predicted octanol–water partition coefficient (Wildman–Crippen LogP) is 2.34. The maximum Gasteiger partial charge on any atom is 0.229 e. The first kappa shape index (κ1) is 16.4. The molecule has 1 aliphatic heterocycles. The fraction of sp³-hybridized carbons (Fsp3) is 0.667.